The molecular weight excluding hydrogens is 280 g/mol. The fraction of sp³-hybridized carbons (Fsp3) is 0.385. The van der Waals surface area contributed by atoms with Crippen LogP contribution >= 0.6 is 11.8 Å². The molecule has 19 heavy (non-hydrogen) atoms. The van der Waals surface area contributed by atoms with Crippen LogP contribution in [0.15, 0.2) is 29.2 Å². The van der Waals surface area contributed by atoms with Crippen molar-refractivity contribution in [3.8, 4) is 12.3 Å². The lowest BCUT2D eigenvalue weighted by Crippen LogP contribution is -2.33. The summed E-state index contributed by atoms with van der Waals surface area (Å²) in [5, 5.41) is 0. The highest BCUT2D eigenvalue weighted by Gasteiger charge is 2.18. The fourth-order valence-electron chi connectivity index (χ4n) is 1.51. The first-order valence-corrected chi connectivity index (χ1v) is 8.48. The van der Waals surface area contributed by atoms with Crippen LogP contribution < -0.4 is 5.73 Å². The van der Waals surface area contributed by atoms with E-state index < -0.39 is 10.0 Å². The van der Waals surface area contributed by atoms with Gasteiger partial charge in [0.2, 0.25) is 10.0 Å². The molecule has 1 rings (SSSR count). The Morgan fingerprint density at radius 2 is 2.21 bits per heavy atom. The second kappa shape index (κ2) is 7.43. The largest absolute Gasteiger partial charge is 0.399 e. The van der Waals surface area contributed by atoms with Crippen molar-refractivity contribution in [2.24, 2.45) is 0 Å². The van der Waals surface area contributed by atoms with E-state index in [9.17, 15) is 8.42 Å². The molecule has 0 aromatic heterocycles. The van der Waals surface area contributed by atoms with Gasteiger partial charge in [-0.05, 0) is 18.2 Å². The average Bonchev–Trinajstić information content (AvgIpc) is 2.35. The molecule has 0 saturated heterocycles. The normalized spacial score (nSPS) is 11.4. The molecule has 0 aliphatic heterocycles. The fourth-order valence-corrected chi connectivity index (χ4v) is 4.24. The summed E-state index contributed by atoms with van der Waals surface area (Å²) in [5.41, 5.74) is 6.34. The SMILES string of the molecule is C#CCN(CC)S(=O)(=O)CCSc1cccc(N)c1. The zero-order valence-electron chi connectivity index (χ0n) is 10.9. The van der Waals surface area contributed by atoms with E-state index in [2.05, 4.69) is 5.92 Å². The van der Waals surface area contributed by atoms with E-state index in [0.29, 0.717) is 18.0 Å². The van der Waals surface area contributed by atoms with Gasteiger partial charge in [-0.1, -0.05) is 18.9 Å². The number of nitrogens with zero attached hydrogens (tertiary/aromatic N) is 1. The highest BCUT2D eigenvalue weighted by atomic mass is 32.2. The van der Waals surface area contributed by atoms with Gasteiger partial charge in [0.05, 0.1) is 12.3 Å². The maximum absolute atomic E-state index is 12.0. The van der Waals surface area contributed by atoms with E-state index in [1.165, 1.54) is 16.1 Å². The minimum atomic E-state index is -3.28. The number of benzene rings is 1. The molecule has 104 valence electrons. The summed E-state index contributed by atoms with van der Waals surface area (Å²) in [6.45, 7) is 2.30. The first kappa shape index (κ1) is 15.9. The molecular formula is C13H18N2O2S2. The van der Waals surface area contributed by atoms with Gasteiger partial charge in [-0.3, -0.25) is 0 Å². The Morgan fingerprint density at radius 3 is 2.79 bits per heavy atom. The maximum Gasteiger partial charge on any atom is 0.215 e. The summed E-state index contributed by atoms with van der Waals surface area (Å²) < 4.78 is 25.3. The van der Waals surface area contributed by atoms with Crippen molar-refractivity contribution in [3.05, 3.63) is 24.3 Å². The molecule has 0 bridgehead atoms. The van der Waals surface area contributed by atoms with Crippen molar-refractivity contribution in [3.63, 3.8) is 0 Å². The molecule has 0 unspecified atom stereocenters. The topological polar surface area (TPSA) is 63.4 Å². The molecule has 0 atom stereocenters. The number of terminal acetylenes is 1. The minimum Gasteiger partial charge on any atom is -0.399 e. The number of anilines is 1. The molecule has 0 fully saturated rings. The molecule has 4 nitrogen and oxygen atoms in total. The van der Waals surface area contributed by atoms with Gasteiger partial charge < -0.3 is 5.73 Å². The number of nitrogen functional groups attached to an aromatic ring is 1. The smallest absolute Gasteiger partial charge is 0.215 e. The van der Waals surface area contributed by atoms with Crippen LogP contribution in [-0.4, -0.2) is 37.3 Å². The Balaban J connectivity index is 2.54. The number of rotatable bonds is 7. The van der Waals surface area contributed by atoms with Crippen LogP contribution in [0.3, 0.4) is 0 Å². The Kier molecular flexibility index (Phi) is 6.22. The predicted molar refractivity (Wildman–Crippen MR) is 81.4 cm³/mol. The van der Waals surface area contributed by atoms with Gasteiger partial charge in [-0.15, -0.1) is 18.2 Å². The van der Waals surface area contributed by atoms with Crippen molar-refractivity contribution in [2.75, 3.05) is 30.3 Å². The van der Waals surface area contributed by atoms with E-state index in [1.54, 1.807) is 13.0 Å². The predicted octanol–water partition coefficient (Wildman–Crippen LogP) is 1.65. The molecule has 0 spiro atoms. The highest BCUT2D eigenvalue weighted by molar-refractivity contribution is 8.00. The van der Waals surface area contributed by atoms with Gasteiger partial charge in [0.25, 0.3) is 0 Å². The lowest BCUT2D eigenvalue weighted by atomic mass is 10.3. The summed E-state index contributed by atoms with van der Waals surface area (Å²) in [7, 11) is -3.28. The second-order valence-corrected chi connectivity index (χ2v) is 7.12. The Bertz CT molecular complexity index is 550. The average molecular weight is 298 g/mol. The lowest BCUT2D eigenvalue weighted by Gasteiger charge is -2.17. The van der Waals surface area contributed by atoms with Gasteiger partial charge in [0.15, 0.2) is 0 Å². The van der Waals surface area contributed by atoms with E-state index in [-0.39, 0.29) is 12.3 Å². The van der Waals surface area contributed by atoms with Crippen LogP contribution in [0, 0.1) is 12.3 Å². The molecule has 2 N–H and O–H groups in total. The van der Waals surface area contributed by atoms with Crippen LogP contribution in [-0.2, 0) is 10.0 Å². The third-order valence-electron chi connectivity index (χ3n) is 2.48. The zero-order chi connectivity index (χ0) is 14.3. The molecule has 0 amide bonds. The maximum atomic E-state index is 12.0. The third-order valence-corrected chi connectivity index (χ3v) is 5.63. The van der Waals surface area contributed by atoms with Crippen molar-refractivity contribution in [1.29, 1.82) is 0 Å². The highest BCUT2D eigenvalue weighted by Crippen LogP contribution is 2.20. The van der Waals surface area contributed by atoms with Crippen LogP contribution in [0.1, 0.15) is 6.92 Å². The number of hydrogen-bond acceptors (Lipinski definition) is 4. The standard InChI is InChI=1S/C13H18N2O2S2/c1-3-8-15(4-2)19(16,17)10-9-18-13-7-5-6-12(14)11-13/h1,5-7,11H,4,8-10,14H2,2H3. The number of sulfonamides is 1. The Hall–Kier alpha value is -1.16. The van der Waals surface area contributed by atoms with Crippen LogP contribution in [0.25, 0.3) is 0 Å². The minimum absolute atomic E-state index is 0.0714. The molecule has 1 aromatic carbocycles. The van der Waals surface area contributed by atoms with E-state index in [1.807, 2.05) is 18.2 Å². The van der Waals surface area contributed by atoms with Crippen molar-refractivity contribution < 1.29 is 8.42 Å². The first-order chi connectivity index (χ1) is 8.99. The lowest BCUT2D eigenvalue weighted by molar-refractivity contribution is 0.465. The summed E-state index contributed by atoms with van der Waals surface area (Å²) >= 11 is 1.47. The summed E-state index contributed by atoms with van der Waals surface area (Å²) in [5.74, 6) is 2.91. The Morgan fingerprint density at radius 1 is 1.47 bits per heavy atom. The molecule has 6 heteroatoms. The van der Waals surface area contributed by atoms with Crippen LogP contribution in [0.2, 0.25) is 0 Å². The molecule has 0 heterocycles. The first-order valence-electron chi connectivity index (χ1n) is 5.89. The molecule has 1 aromatic rings. The van der Waals surface area contributed by atoms with E-state index in [0.717, 1.165) is 4.90 Å². The van der Waals surface area contributed by atoms with Crippen molar-refractivity contribution in [2.45, 2.75) is 11.8 Å². The van der Waals surface area contributed by atoms with E-state index in [4.69, 9.17) is 12.2 Å². The third kappa shape index (κ3) is 5.15. The van der Waals surface area contributed by atoms with Gasteiger partial charge in [-0.2, -0.15) is 4.31 Å². The van der Waals surface area contributed by atoms with Gasteiger partial charge in [0.1, 0.15) is 0 Å². The van der Waals surface area contributed by atoms with Gasteiger partial charge in [0, 0.05) is 22.9 Å². The van der Waals surface area contributed by atoms with E-state index >= 15 is 0 Å². The van der Waals surface area contributed by atoms with Crippen LogP contribution in [0.5, 0.6) is 0 Å². The quantitative estimate of drug-likeness (QED) is 0.472. The van der Waals surface area contributed by atoms with Crippen molar-refractivity contribution >= 4 is 27.5 Å². The molecule has 0 radical (unpaired) electrons. The molecule has 0 aliphatic rings. The summed E-state index contributed by atoms with van der Waals surface area (Å²) in [6, 6.07) is 7.39. The second-order valence-electron chi connectivity index (χ2n) is 3.87. The van der Waals surface area contributed by atoms with Crippen molar-refractivity contribution in [1.82, 2.24) is 4.31 Å². The number of hydrogen-bond donors (Lipinski definition) is 1. The van der Waals surface area contributed by atoms with Crippen LogP contribution in [0.4, 0.5) is 5.69 Å². The summed E-state index contributed by atoms with van der Waals surface area (Å²) in [6.07, 6.45) is 5.16. The molecule has 0 saturated carbocycles. The monoisotopic (exact) mass is 298 g/mol. The molecule has 0 aliphatic carbocycles. The number of nitrogens with two attached hydrogens (primary N) is 1. The number of thioether (sulfide) groups is 1. The Labute approximate surface area is 119 Å². The summed E-state index contributed by atoms with van der Waals surface area (Å²) in [4.78, 5) is 0.968. The van der Waals surface area contributed by atoms with Gasteiger partial charge in [-0.25, -0.2) is 8.42 Å². The zero-order valence-corrected chi connectivity index (χ0v) is 12.5. The van der Waals surface area contributed by atoms with Gasteiger partial charge >= 0.3 is 0 Å².